The van der Waals surface area contributed by atoms with Crippen LogP contribution in [0.1, 0.15) is 54.7 Å². The van der Waals surface area contributed by atoms with Crippen LogP contribution in [0, 0.1) is 13.8 Å². The van der Waals surface area contributed by atoms with Crippen molar-refractivity contribution in [2.24, 2.45) is 0 Å². The van der Waals surface area contributed by atoms with Gasteiger partial charge in [-0.1, -0.05) is 24.2 Å². The molecule has 0 spiro atoms. The third-order valence-electron chi connectivity index (χ3n) is 5.68. The maximum atomic E-state index is 12.1. The number of benzene rings is 1. The molecule has 0 aliphatic rings. The van der Waals surface area contributed by atoms with Crippen molar-refractivity contribution in [2.45, 2.75) is 53.2 Å². The lowest BCUT2D eigenvalue weighted by Crippen LogP contribution is -2.27. The number of pyridine rings is 2. The number of halogens is 1. The molecule has 0 fully saturated rings. The van der Waals surface area contributed by atoms with Crippen LogP contribution in [0.15, 0.2) is 49.3 Å². The maximum Gasteiger partial charge on any atom is 0.413 e. The number of hydrogen-bond donors (Lipinski definition) is 3. The molecule has 0 unspecified atom stereocenters. The number of imidazole rings is 1. The van der Waals surface area contributed by atoms with E-state index in [9.17, 15) is 4.79 Å². The second kappa shape index (κ2) is 10.6. The number of carbonyl (C=O) groups is 1. The summed E-state index contributed by atoms with van der Waals surface area (Å²) in [6.45, 7) is 14.0. The highest BCUT2D eigenvalue weighted by molar-refractivity contribution is 6.31. The third-order valence-corrected chi connectivity index (χ3v) is 5.89. The zero-order chi connectivity index (χ0) is 26.7. The number of amides is 1. The molecule has 0 saturated heterocycles. The molecule has 0 aliphatic heterocycles. The minimum absolute atomic E-state index is 0.453. The van der Waals surface area contributed by atoms with Crippen molar-refractivity contribution in [3.8, 4) is 0 Å². The van der Waals surface area contributed by atoms with Gasteiger partial charge in [0.1, 0.15) is 11.4 Å². The van der Waals surface area contributed by atoms with Gasteiger partial charge in [0.15, 0.2) is 5.82 Å². The predicted octanol–water partition coefficient (Wildman–Crippen LogP) is 6.32. The highest BCUT2D eigenvalue weighted by atomic mass is 35.5. The second-order valence-corrected chi connectivity index (χ2v) is 10.4. The van der Waals surface area contributed by atoms with E-state index < -0.39 is 11.7 Å². The van der Waals surface area contributed by atoms with Crippen LogP contribution in [0.3, 0.4) is 0 Å². The molecule has 4 aromatic rings. The number of anilines is 1. The van der Waals surface area contributed by atoms with Crippen molar-refractivity contribution in [1.29, 1.82) is 0 Å². The Labute approximate surface area is 221 Å². The number of hydrogen-bond acceptors (Lipinski definition) is 6. The number of H-pyrrole nitrogens is 1. The summed E-state index contributed by atoms with van der Waals surface area (Å²) in [4.78, 5) is 28.8. The van der Waals surface area contributed by atoms with E-state index in [-0.39, 0.29) is 0 Å². The second-order valence-electron chi connectivity index (χ2n) is 9.96. The summed E-state index contributed by atoms with van der Waals surface area (Å²) < 4.78 is 5.31. The van der Waals surface area contributed by atoms with Gasteiger partial charge >= 0.3 is 6.09 Å². The van der Waals surface area contributed by atoms with Gasteiger partial charge in [-0.05, 0) is 75.6 Å². The molecule has 37 heavy (non-hydrogen) atoms. The summed E-state index contributed by atoms with van der Waals surface area (Å²) >= 11 is 6.09. The first-order chi connectivity index (χ1) is 17.5. The standard InChI is InChI=1S/C28H31ClN6O2/c1-16-9-25(35-27(36)37-28(4,5)6)33-17(2)23(16)15-30-18(3)26-32-14-22(34-26)11-19-7-8-24-20(10-19)12-21(29)13-31-24/h7-10,12-14,30H,3,11,15H2,1-2,4-6H3,(H,32,34)(H,33,35,36). The van der Waals surface area contributed by atoms with E-state index in [4.69, 9.17) is 16.3 Å². The first-order valence-electron chi connectivity index (χ1n) is 12.0. The summed E-state index contributed by atoms with van der Waals surface area (Å²) in [6, 6.07) is 9.87. The number of carbonyl (C=O) groups excluding carboxylic acids is 1. The molecule has 1 amide bonds. The van der Waals surface area contributed by atoms with Crippen LogP contribution in [0.25, 0.3) is 16.6 Å². The van der Waals surface area contributed by atoms with Gasteiger partial charge in [-0.25, -0.2) is 14.8 Å². The Kier molecular flexibility index (Phi) is 7.50. The Bertz CT molecular complexity index is 1450. The molecule has 0 aliphatic carbocycles. The zero-order valence-electron chi connectivity index (χ0n) is 21.7. The van der Waals surface area contributed by atoms with Crippen molar-refractivity contribution in [3.05, 3.63) is 88.2 Å². The average Bonchev–Trinajstić information content (AvgIpc) is 3.25. The van der Waals surface area contributed by atoms with E-state index in [0.29, 0.717) is 35.3 Å². The Morgan fingerprint density at radius 1 is 1.14 bits per heavy atom. The molecule has 4 rings (SSSR count). The molecule has 3 aromatic heterocycles. The maximum absolute atomic E-state index is 12.1. The summed E-state index contributed by atoms with van der Waals surface area (Å²) in [5.74, 6) is 1.13. The lowest BCUT2D eigenvalue weighted by Gasteiger charge is -2.20. The number of rotatable bonds is 7. The number of nitrogens with one attached hydrogen (secondary N) is 3. The Hall–Kier alpha value is -3.91. The molecular formula is C28H31ClN6O2. The number of aryl methyl sites for hydroxylation is 2. The normalized spacial score (nSPS) is 11.4. The van der Waals surface area contributed by atoms with Gasteiger partial charge in [0, 0.05) is 42.1 Å². The number of aromatic amines is 1. The van der Waals surface area contributed by atoms with Crippen molar-refractivity contribution < 1.29 is 9.53 Å². The molecular weight excluding hydrogens is 488 g/mol. The molecule has 0 saturated carbocycles. The lowest BCUT2D eigenvalue weighted by molar-refractivity contribution is 0.0635. The van der Waals surface area contributed by atoms with Crippen LogP contribution in [-0.4, -0.2) is 31.6 Å². The molecule has 9 heteroatoms. The topological polar surface area (TPSA) is 105 Å². The van der Waals surface area contributed by atoms with Crippen molar-refractivity contribution in [3.63, 3.8) is 0 Å². The van der Waals surface area contributed by atoms with Gasteiger partial charge in [0.25, 0.3) is 0 Å². The summed E-state index contributed by atoms with van der Waals surface area (Å²) in [6.07, 6.45) is 3.63. The minimum atomic E-state index is -0.578. The summed E-state index contributed by atoms with van der Waals surface area (Å²) in [5.41, 5.74) is 5.92. The molecule has 0 atom stereocenters. The van der Waals surface area contributed by atoms with E-state index >= 15 is 0 Å². The monoisotopic (exact) mass is 518 g/mol. The van der Waals surface area contributed by atoms with E-state index in [1.807, 2.05) is 59.0 Å². The molecule has 0 radical (unpaired) electrons. The predicted molar refractivity (Wildman–Crippen MR) is 148 cm³/mol. The van der Waals surface area contributed by atoms with Crippen LogP contribution < -0.4 is 10.6 Å². The van der Waals surface area contributed by atoms with Crippen LogP contribution in [0.4, 0.5) is 10.6 Å². The Morgan fingerprint density at radius 2 is 1.92 bits per heavy atom. The smallest absolute Gasteiger partial charge is 0.413 e. The fourth-order valence-electron chi connectivity index (χ4n) is 3.96. The minimum Gasteiger partial charge on any atom is -0.444 e. The van der Waals surface area contributed by atoms with Crippen LogP contribution >= 0.6 is 11.6 Å². The zero-order valence-corrected chi connectivity index (χ0v) is 22.5. The summed E-state index contributed by atoms with van der Waals surface area (Å²) in [7, 11) is 0. The van der Waals surface area contributed by atoms with Crippen LogP contribution in [-0.2, 0) is 17.7 Å². The molecule has 8 nitrogen and oxygen atoms in total. The number of aromatic nitrogens is 4. The van der Waals surface area contributed by atoms with Crippen LogP contribution in [0.2, 0.25) is 5.02 Å². The molecule has 0 bridgehead atoms. The summed E-state index contributed by atoms with van der Waals surface area (Å²) in [5, 5.41) is 7.65. The third kappa shape index (κ3) is 6.86. The van der Waals surface area contributed by atoms with E-state index in [1.54, 1.807) is 6.20 Å². The fourth-order valence-corrected chi connectivity index (χ4v) is 4.13. The Morgan fingerprint density at radius 3 is 2.65 bits per heavy atom. The highest BCUT2D eigenvalue weighted by Crippen LogP contribution is 2.21. The van der Waals surface area contributed by atoms with Gasteiger partial charge in [-0.15, -0.1) is 0 Å². The van der Waals surface area contributed by atoms with Gasteiger partial charge < -0.3 is 15.0 Å². The van der Waals surface area contributed by atoms with Gasteiger partial charge in [0.2, 0.25) is 0 Å². The number of nitrogens with zero attached hydrogens (tertiary/aromatic N) is 3. The molecule has 3 heterocycles. The quantitative estimate of drug-likeness (QED) is 0.264. The largest absolute Gasteiger partial charge is 0.444 e. The van der Waals surface area contributed by atoms with Gasteiger partial charge in [0.05, 0.1) is 16.2 Å². The average molecular weight is 519 g/mol. The fraction of sp³-hybridized carbons (Fsp3) is 0.286. The van der Waals surface area contributed by atoms with Crippen molar-refractivity contribution >= 4 is 40.1 Å². The lowest BCUT2D eigenvalue weighted by atomic mass is 10.1. The Balaban J connectivity index is 1.38. The van der Waals surface area contributed by atoms with Gasteiger partial charge in [-0.2, -0.15) is 0 Å². The van der Waals surface area contributed by atoms with Crippen LogP contribution in [0.5, 0.6) is 0 Å². The molecule has 1 aromatic carbocycles. The molecule has 192 valence electrons. The van der Waals surface area contributed by atoms with Crippen molar-refractivity contribution in [1.82, 2.24) is 25.3 Å². The van der Waals surface area contributed by atoms with Crippen molar-refractivity contribution in [2.75, 3.05) is 5.32 Å². The van der Waals surface area contributed by atoms with E-state index in [1.165, 1.54) is 0 Å². The SMILES string of the molecule is C=C(NCc1c(C)cc(NC(=O)OC(C)(C)C)nc1C)c1ncc(Cc2ccc3ncc(Cl)cc3c2)[nH]1. The van der Waals surface area contributed by atoms with E-state index in [0.717, 1.165) is 39.0 Å². The number of ether oxygens (including phenoxy) is 1. The first kappa shape index (κ1) is 26.2. The van der Waals surface area contributed by atoms with Gasteiger partial charge in [-0.3, -0.25) is 10.3 Å². The van der Waals surface area contributed by atoms with E-state index in [2.05, 4.69) is 49.3 Å². The molecule has 3 N–H and O–H groups in total. The number of fused-ring (bicyclic) bond motifs is 1. The highest BCUT2D eigenvalue weighted by Gasteiger charge is 2.17. The first-order valence-corrected chi connectivity index (χ1v) is 12.3.